The van der Waals surface area contributed by atoms with E-state index in [0.717, 1.165) is 32.5 Å². The lowest BCUT2D eigenvalue weighted by Crippen LogP contribution is -2.41. The van der Waals surface area contributed by atoms with Crippen LogP contribution in [0.1, 0.15) is 54.9 Å². The number of pyridine rings is 1. The number of carbonyl (C=O) groups excluding carboxylic acids is 2. The Kier molecular flexibility index (Phi) is 9.04. The number of carbonyl (C=O) groups is 2. The molecule has 2 fully saturated rings. The SMILES string of the molecule is CC(Sc1nnn[nH]1)C1CCN(C(=O)Oc2ccc(NC(=O)c3ccc(CN4CCCCC4)cc3)cn2)CC1. The summed E-state index contributed by atoms with van der Waals surface area (Å²) >= 11 is 1.61. The van der Waals surface area contributed by atoms with Gasteiger partial charge in [0.05, 0.1) is 11.9 Å². The van der Waals surface area contributed by atoms with Crippen LogP contribution in [-0.4, -0.2) is 78.8 Å². The number of H-pyrrole nitrogens is 1. The van der Waals surface area contributed by atoms with Crippen LogP contribution in [0.2, 0.25) is 0 Å². The van der Waals surface area contributed by atoms with Crippen molar-refractivity contribution in [2.75, 3.05) is 31.5 Å². The van der Waals surface area contributed by atoms with Gasteiger partial charge in [-0.15, -0.1) is 5.10 Å². The fourth-order valence-electron chi connectivity index (χ4n) is 5.03. The molecule has 2 saturated heterocycles. The molecule has 1 unspecified atom stereocenters. The number of tetrazole rings is 1. The Hall–Kier alpha value is -3.51. The maximum Gasteiger partial charge on any atom is 0.416 e. The Labute approximate surface area is 232 Å². The Balaban J connectivity index is 1.06. The zero-order valence-electron chi connectivity index (χ0n) is 22.1. The minimum atomic E-state index is -0.415. The predicted molar refractivity (Wildman–Crippen MR) is 148 cm³/mol. The summed E-state index contributed by atoms with van der Waals surface area (Å²) < 4.78 is 5.48. The van der Waals surface area contributed by atoms with Crippen LogP contribution < -0.4 is 10.1 Å². The molecule has 2 amide bonds. The van der Waals surface area contributed by atoms with Crippen LogP contribution in [0.4, 0.5) is 10.5 Å². The van der Waals surface area contributed by atoms with Gasteiger partial charge < -0.3 is 15.0 Å². The van der Waals surface area contributed by atoms with Crippen LogP contribution in [0.15, 0.2) is 47.8 Å². The molecule has 11 nitrogen and oxygen atoms in total. The van der Waals surface area contributed by atoms with Crippen LogP contribution in [0.5, 0.6) is 5.88 Å². The van der Waals surface area contributed by atoms with Crippen molar-refractivity contribution in [2.45, 2.75) is 56.0 Å². The lowest BCUT2D eigenvalue weighted by Gasteiger charge is -2.33. The number of aromatic amines is 1. The van der Waals surface area contributed by atoms with E-state index in [-0.39, 0.29) is 11.8 Å². The quantitative estimate of drug-likeness (QED) is 0.396. The highest BCUT2D eigenvalue weighted by molar-refractivity contribution is 7.99. The molecule has 2 N–H and O–H groups in total. The molecular formula is C27H34N8O3S. The zero-order chi connectivity index (χ0) is 27.0. The third kappa shape index (κ3) is 7.54. The molecule has 0 radical (unpaired) electrons. The Morgan fingerprint density at radius 3 is 2.51 bits per heavy atom. The smallest absolute Gasteiger partial charge is 0.391 e. The first-order valence-electron chi connectivity index (χ1n) is 13.5. The minimum absolute atomic E-state index is 0.198. The molecule has 2 aliphatic rings. The summed E-state index contributed by atoms with van der Waals surface area (Å²) in [4.78, 5) is 33.7. The fraction of sp³-hybridized carbons (Fsp3) is 0.481. The van der Waals surface area contributed by atoms with Crippen LogP contribution in [0.3, 0.4) is 0 Å². The maximum atomic E-state index is 12.7. The van der Waals surface area contributed by atoms with E-state index < -0.39 is 6.09 Å². The van der Waals surface area contributed by atoms with E-state index in [1.807, 2.05) is 24.3 Å². The van der Waals surface area contributed by atoms with Crippen molar-refractivity contribution in [3.8, 4) is 5.88 Å². The van der Waals surface area contributed by atoms with Gasteiger partial charge in [-0.2, -0.15) is 0 Å². The van der Waals surface area contributed by atoms with Crippen molar-refractivity contribution in [1.82, 2.24) is 35.4 Å². The van der Waals surface area contributed by atoms with Gasteiger partial charge in [0.15, 0.2) is 0 Å². The van der Waals surface area contributed by atoms with Gasteiger partial charge in [-0.05, 0) is 78.9 Å². The first-order chi connectivity index (χ1) is 19.0. The molecule has 1 atom stereocenters. The van der Waals surface area contributed by atoms with Crippen molar-refractivity contribution in [1.29, 1.82) is 0 Å². The molecule has 5 rings (SSSR count). The first-order valence-corrected chi connectivity index (χ1v) is 14.4. The highest BCUT2D eigenvalue weighted by Crippen LogP contribution is 2.31. The average Bonchev–Trinajstić information content (AvgIpc) is 3.48. The standard InChI is InChI=1S/C27H34N8O3S/c1-19(39-26-30-32-33-31-26)21-11-15-35(16-12-21)27(37)38-24-10-9-23(17-28-24)29-25(36)22-7-5-20(6-8-22)18-34-13-3-2-4-14-34/h5-10,17,19,21H,2-4,11-16,18H2,1H3,(H,29,36)(H,30,31,32,33). The van der Waals surface area contributed by atoms with E-state index in [9.17, 15) is 9.59 Å². The number of piperidine rings is 2. The van der Waals surface area contributed by atoms with Crippen molar-refractivity contribution >= 4 is 29.4 Å². The van der Waals surface area contributed by atoms with Crippen molar-refractivity contribution in [3.05, 3.63) is 53.7 Å². The number of hydrogen-bond acceptors (Lipinski definition) is 9. The zero-order valence-corrected chi connectivity index (χ0v) is 22.9. The number of thioether (sulfide) groups is 1. The maximum absolute atomic E-state index is 12.7. The number of anilines is 1. The molecule has 4 heterocycles. The summed E-state index contributed by atoms with van der Waals surface area (Å²) in [6.45, 7) is 6.59. The summed E-state index contributed by atoms with van der Waals surface area (Å²) in [6.07, 6.45) is 6.67. The van der Waals surface area contributed by atoms with Gasteiger partial charge in [-0.25, -0.2) is 14.9 Å². The highest BCUT2D eigenvalue weighted by Gasteiger charge is 2.28. The third-order valence-electron chi connectivity index (χ3n) is 7.34. The first kappa shape index (κ1) is 27.1. The number of rotatable bonds is 8. The molecule has 3 aromatic rings. The van der Waals surface area contributed by atoms with E-state index in [1.54, 1.807) is 28.8 Å². The molecule has 206 valence electrons. The van der Waals surface area contributed by atoms with Crippen molar-refractivity contribution in [2.24, 2.45) is 5.92 Å². The third-order valence-corrected chi connectivity index (χ3v) is 8.50. The normalized spacial score (nSPS) is 17.5. The summed E-state index contributed by atoms with van der Waals surface area (Å²) in [5, 5.41) is 17.8. The van der Waals surface area contributed by atoms with Crippen molar-refractivity contribution in [3.63, 3.8) is 0 Å². The Morgan fingerprint density at radius 2 is 1.85 bits per heavy atom. The molecule has 12 heteroatoms. The Morgan fingerprint density at radius 1 is 1.08 bits per heavy atom. The van der Waals surface area contributed by atoms with E-state index in [4.69, 9.17) is 4.74 Å². The summed E-state index contributed by atoms with van der Waals surface area (Å²) in [5.74, 6) is 0.445. The van der Waals surface area contributed by atoms with Gasteiger partial charge in [0.25, 0.3) is 5.91 Å². The van der Waals surface area contributed by atoms with E-state index in [1.165, 1.54) is 31.0 Å². The molecule has 0 bridgehead atoms. The van der Waals surface area contributed by atoms with Gasteiger partial charge in [0.1, 0.15) is 0 Å². The topological polar surface area (TPSA) is 129 Å². The van der Waals surface area contributed by atoms with Gasteiger partial charge in [-0.1, -0.05) is 37.2 Å². The molecule has 2 aliphatic heterocycles. The molecule has 39 heavy (non-hydrogen) atoms. The van der Waals surface area contributed by atoms with Gasteiger partial charge in [0, 0.05) is 36.5 Å². The van der Waals surface area contributed by atoms with Gasteiger partial charge >= 0.3 is 6.09 Å². The lowest BCUT2D eigenvalue weighted by atomic mass is 9.94. The number of hydrogen-bond donors (Lipinski definition) is 2. The van der Waals surface area contributed by atoms with Crippen LogP contribution >= 0.6 is 11.8 Å². The second kappa shape index (κ2) is 13.0. The molecule has 1 aromatic carbocycles. The Bertz CT molecular complexity index is 1210. The monoisotopic (exact) mass is 550 g/mol. The van der Waals surface area contributed by atoms with Crippen LogP contribution in [0, 0.1) is 5.92 Å². The average molecular weight is 551 g/mol. The summed E-state index contributed by atoms with van der Waals surface area (Å²) in [6, 6.07) is 11.0. The fourth-order valence-corrected chi connectivity index (χ4v) is 6.03. The molecule has 0 saturated carbocycles. The highest BCUT2D eigenvalue weighted by atomic mass is 32.2. The van der Waals surface area contributed by atoms with E-state index in [0.29, 0.717) is 40.7 Å². The van der Waals surface area contributed by atoms with E-state index in [2.05, 4.69) is 42.7 Å². The molecule has 0 aliphatic carbocycles. The van der Waals surface area contributed by atoms with Crippen molar-refractivity contribution < 1.29 is 14.3 Å². The summed E-state index contributed by atoms with van der Waals surface area (Å²) in [7, 11) is 0. The van der Waals surface area contributed by atoms with E-state index >= 15 is 0 Å². The second-order valence-corrected chi connectivity index (χ2v) is 11.5. The number of nitrogens with one attached hydrogen (secondary N) is 2. The molecule has 0 spiro atoms. The molecular weight excluding hydrogens is 516 g/mol. The van der Waals surface area contributed by atoms with Gasteiger partial charge in [0.2, 0.25) is 11.0 Å². The number of amides is 2. The molecule has 2 aromatic heterocycles. The van der Waals surface area contributed by atoms with Gasteiger partial charge in [-0.3, -0.25) is 9.69 Å². The summed E-state index contributed by atoms with van der Waals surface area (Å²) in [5.41, 5.74) is 2.33. The number of ether oxygens (including phenoxy) is 1. The number of likely N-dealkylation sites (tertiary alicyclic amines) is 2. The number of aromatic nitrogens is 5. The number of nitrogens with zero attached hydrogens (tertiary/aromatic N) is 6. The lowest BCUT2D eigenvalue weighted by molar-refractivity contribution is 0.102. The van der Waals surface area contributed by atoms with Crippen LogP contribution in [0.25, 0.3) is 0 Å². The second-order valence-electron chi connectivity index (χ2n) is 10.1. The largest absolute Gasteiger partial charge is 0.416 e. The minimum Gasteiger partial charge on any atom is -0.391 e. The predicted octanol–water partition coefficient (Wildman–Crippen LogP) is 4.22. The number of benzene rings is 1. The van der Waals surface area contributed by atoms with Crippen LogP contribution in [-0.2, 0) is 6.54 Å².